The Bertz CT molecular complexity index is 192. The summed E-state index contributed by atoms with van der Waals surface area (Å²) in [5.74, 6) is 0.978. The zero-order chi connectivity index (χ0) is 12.7. The molecule has 0 bridgehead atoms. The molecule has 0 spiro atoms. The minimum atomic E-state index is 0.513. The second-order valence-electron chi connectivity index (χ2n) is 7.14. The molecular weight excluding hydrogens is 206 g/mol. The summed E-state index contributed by atoms with van der Waals surface area (Å²) in [6.45, 7) is 10.6. The molecule has 0 aliphatic heterocycles. The van der Waals surface area contributed by atoms with Gasteiger partial charge in [0.1, 0.15) is 0 Å². The van der Waals surface area contributed by atoms with Crippen LogP contribution in [0, 0.1) is 11.3 Å². The van der Waals surface area contributed by atoms with Crippen LogP contribution in [0.4, 0.5) is 0 Å². The molecule has 1 fully saturated rings. The molecule has 1 nitrogen and oxygen atoms in total. The SMILES string of the molecule is CCCNC1CCCCC(CCC(C)(C)C)C1. The minimum Gasteiger partial charge on any atom is -0.314 e. The molecule has 0 aromatic rings. The Morgan fingerprint density at radius 1 is 1.12 bits per heavy atom. The Balaban J connectivity index is 2.32. The van der Waals surface area contributed by atoms with Crippen LogP contribution in [0.1, 0.15) is 79.1 Å². The highest BCUT2D eigenvalue weighted by Gasteiger charge is 2.21. The van der Waals surface area contributed by atoms with Crippen LogP contribution in [0.2, 0.25) is 0 Å². The van der Waals surface area contributed by atoms with Gasteiger partial charge in [0.2, 0.25) is 0 Å². The third kappa shape index (κ3) is 7.08. The summed E-state index contributed by atoms with van der Waals surface area (Å²) < 4.78 is 0. The lowest BCUT2D eigenvalue weighted by Crippen LogP contribution is -2.30. The van der Waals surface area contributed by atoms with Crippen molar-refractivity contribution in [3.63, 3.8) is 0 Å². The molecule has 102 valence electrons. The van der Waals surface area contributed by atoms with Crippen molar-refractivity contribution in [3.05, 3.63) is 0 Å². The standard InChI is InChI=1S/C16H33N/c1-5-12-17-15-9-7-6-8-14(13-15)10-11-16(2,3)4/h14-15,17H,5-13H2,1-4H3. The molecule has 2 unspecified atom stereocenters. The molecular formula is C16H33N. The molecule has 0 amide bonds. The first kappa shape index (κ1) is 15.0. The first-order valence-electron chi connectivity index (χ1n) is 7.74. The maximum Gasteiger partial charge on any atom is 0.00696 e. The highest BCUT2D eigenvalue weighted by atomic mass is 14.9. The fraction of sp³-hybridized carbons (Fsp3) is 1.00. The van der Waals surface area contributed by atoms with Gasteiger partial charge in [0.05, 0.1) is 0 Å². The fourth-order valence-electron chi connectivity index (χ4n) is 2.90. The van der Waals surface area contributed by atoms with Crippen LogP contribution in [0.5, 0.6) is 0 Å². The molecule has 0 saturated heterocycles. The van der Waals surface area contributed by atoms with E-state index in [0.717, 1.165) is 12.0 Å². The van der Waals surface area contributed by atoms with Gasteiger partial charge in [-0.2, -0.15) is 0 Å². The van der Waals surface area contributed by atoms with Gasteiger partial charge in [0.15, 0.2) is 0 Å². The van der Waals surface area contributed by atoms with Crippen molar-refractivity contribution in [2.24, 2.45) is 11.3 Å². The molecule has 1 rings (SSSR count). The molecule has 0 radical (unpaired) electrons. The van der Waals surface area contributed by atoms with Gasteiger partial charge >= 0.3 is 0 Å². The average molecular weight is 239 g/mol. The Morgan fingerprint density at radius 2 is 1.82 bits per heavy atom. The van der Waals surface area contributed by atoms with Crippen LogP contribution in [-0.2, 0) is 0 Å². The fourth-order valence-corrected chi connectivity index (χ4v) is 2.90. The van der Waals surface area contributed by atoms with Crippen molar-refractivity contribution in [1.82, 2.24) is 5.32 Å². The maximum atomic E-state index is 3.74. The third-order valence-electron chi connectivity index (χ3n) is 4.02. The van der Waals surface area contributed by atoms with Gasteiger partial charge in [-0.05, 0) is 50.0 Å². The summed E-state index contributed by atoms with van der Waals surface area (Å²) in [6.07, 6.45) is 11.3. The van der Waals surface area contributed by atoms with Gasteiger partial charge in [-0.3, -0.25) is 0 Å². The molecule has 1 saturated carbocycles. The molecule has 0 aromatic heterocycles. The number of nitrogens with one attached hydrogen (secondary N) is 1. The summed E-state index contributed by atoms with van der Waals surface area (Å²) in [5.41, 5.74) is 0.513. The lowest BCUT2D eigenvalue weighted by Gasteiger charge is -2.25. The smallest absolute Gasteiger partial charge is 0.00696 e. The van der Waals surface area contributed by atoms with Gasteiger partial charge in [-0.15, -0.1) is 0 Å². The van der Waals surface area contributed by atoms with E-state index < -0.39 is 0 Å². The second-order valence-corrected chi connectivity index (χ2v) is 7.14. The highest BCUT2D eigenvalue weighted by molar-refractivity contribution is 4.77. The summed E-state index contributed by atoms with van der Waals surface area (Å²) in [6, 6.07) is 0.808. The molecule has 2 atom stereocenters. The van der Waals surface area contributed by atoms with Crippen molar-refractivity contribution in [3.8, 4) is 0 Å². The number of hydrogen-bond donors (Lipinski definition) is 1. The monoisotopic (exact) mass is 239 g/mol. The summed E-state index contributed by atoms with van der Waals surface area (Å²) in [4.78, 5) is 0. The van der Waals surface area contributed by atoms with Crippen LogP contribution in [-0.4, -0.2) is 12.6 Å². The van der Waals surface area contributed by atoms with Gasteiger partial charge in [-0.1, -0.05) is 47.0 Å². The largest absolute Gasteiger partial charge is 0.314 e. The van der Waals surface area contributed by atoms with Crippen LogP contribution < -0.4 is 5.32 Å². The topological polar surface area (TPSA) is 12.0 Å². The minimum absolute atomic E-state index is 0.513. The first-order valence-corrected chi connectivity index (χ1v) is 7.74. The van der Waals surface area contributed by atoms with E-state index in [4.69, 9.17) is 0 Å². The Morgan fingerprint density at radius 3 is 2.47 bits per heavy atom. The van der Waals surface area contributed by atoms with E-state index in [0.29, 0.717) is 5.41 Å². The average Bonchev–Trinajstić information content (AvgIpc) is 2.48. The molecule has 0 heterocycles. The Labute approximate surface area is 109 Å². The molecule has 0 aromatic carbocycles. The van der Waals surface area contributed by atoms with E-state index in [9.17, 15) is 0 Å². The molecule has 1 aliphatic rings. The van der Waals surface area contributed by atoms with E-state index in [1.165, 1.54) is 57.9 Å². The summed E-state index contributed by atoms with van der Waals surface area (Å²) in [5, 5.41) is 3.74. The van der Waals surface area contributed by atoms with Gasteiger partial charge < -0.3 is 5.32 Å². The maximum absolute atomic E-state index is 3.74. The first-order chi connectivity index (χ1) is 8.01. The third-order valence-corrected chi connectivity index (χ3v) is 4.02. The highest BCUT2D eigenvalue weighted by Crippen LogP contribution is 2.31. The van der Waals surface area contributed by atoms with E-state index in [2.05, 4.69) is 33.0 Å². The second kappa shape index (κ2) is 7.41. The Hall–Kier alpha value is -0.0400. The van der Waals surface area contributed by atoms with E-state index in [1.807, 2.05) is 0 Å². The van der Waals surface area contributed by atoms with Crippen LogP contribution >= 0.6 is 0 Å². The molecule has 1 N–H and O–H groups in total. The van der Waals surface area contributed by atoms with E-state index in [1.54, 1.807) is 0 Å². The Kier molecular flexibility index (Phi) is 6.54. The van der Waals surface area contributed by atoms with Crippen LogP contribution in [0.15, 0.2) is 0 Å². The zero-order valence-corrected chi connectivity index (χ0v) is 12.5. The van der Waals surface area contributed by atoms with Crippen molar-refractivity contribution in [2.45, 2.75) is 85.1 Å². The predicted molar refractivity (Wildman–Crippen MR) is 77.3 cm³/mol. The van der Waals surface area contributed by atoms with Crippen molar-refractivity contribution in [2.75, 3.05) is 6.54 Å². The van der Waals surface area contributed by atoms with Gasteiger partial charge in [0, 0.05) is 6.04 Å². The van der Waals surface area contributed by atoms with Crippen LogP contribution in [0.3, 0.4) is 0 Å². The van der Waals surface area contributed by atoms with E-state index in [-0.39, 0.29) is 0 Å². The normalized spacial score (nSPS) is 26.8. The molecule has 1 heteroatoms. The van der Waals surface area contributed by atoms with Gasteiger partial charge in [-0.25, -0.2) is 0 Å². The van der Waals surface area contributed by atoms with Crippen molar-refractivity contribution < 1.29 is 0 Å². The van der Waals surface area contributed by atoms with Crippen molar-refractivity contribution >= 4 is 0 Å². The van der Waals surface area contributed by atoms with Crippen LogP contribution in [0.25, 0.3) is 0 Å². The molecule has 1 aliphatic carbocycles. The number of rotatable bonds is 5. The lowest BCUT2D eigenvalue weighted by molar-refractivity contribution is 0.291. The quantitative estimate of drug-likeness (QED) is 0.682. The summed E-state index contributed by atoms with van der Waals surface area (Å²) >= 11 is 0. The zero-order valence-electron chi connectivity index (χ0n) is 12.5. The molecule has 17 heavy (non-hydrogen) atoms. The number of hydrogen-bond acceptors (Lipinski definition) is 1. The lowest BCUT2D eigenvalue weighted by atomic mass is 9.84. The predicted octanol–water partition coefficient (Wildman–Crippen LogP) is 4.76. The van der Waals surface area contributed by atoms with Gasteiger partial charge in [0.25, 0.3) is 0 Å². The van der Waals surface area contributed by atoms with Crippen molar-refractivity contribution in [1.29, 1.82) is 0 Å². The van der Waals surface area contributed by atoms with E-state index >= 15 is 0 Å². The summed E-state index contributed by atoms with van der Waals surface area (Å²) in [7, 11) is 0.